The Bertz CT molecular complexity index is 6270. The molecule has 0 saturated heterocycles. The molecule has 0 N–H and O–H groups in total. The number of hydrogen-bond donors (Lipinski definition) is 0. The van der Waals surface area contributed by atoms with Crippen molar-refractivity contribution in [3.05, 3.63) is 364 Å². The molecule has 92 heavy (non-hydrogen) atoms. The van der Waals surface area contributed by atoms with Crippen LogP contribution in [0, 0.1) is 0 Å². The molecule has 0 aliphatic heterocycles. The Hall–Kier alpha value is -12.0. The predicted octanol–water partition coefficient (Wildman–Crippen LogP) is 25.9. The average molecular weight is 1180 g/mol. The maximum absolute atomic E-state index is 8.58. The van der Waals surface area contributed by atoms with Gasteiger partial charge in [0.15, 0.2) is 0 Å². The maximum atomic E-state index is 8.58. The summed E-state index contributed by atoms with van der Waals surface area (Å²) in [5, 5.41) is 18.0. The highest BCUT2D eigenvalue weighted by Crippen LogP contribution is 2.49. The number of rotatable bonds is 8. The van der Waals surface area contributed by atoms with Gasteiger partial charge in [-0.3, -0.25) is 0 Å². The fourth-order valence-corrected chi connectivity index (χ4v) is 14.0. The Morgan fingerprint density at radius 1 is 0.152 bits per heavy atom. The zero-order valence-electron chi connectivity index (χ0n) is 59.9. The Labute approximate surface area is 549 Å². The van der Waals surface area contributed by atoms with Crippen LogP contribution in [0.5, 0.6) is 0 Å². The highest BCUT2D eigenvalue weighted by molar-refractivity contribution is 6.26. The standard InChI is InChI=1S/C48H32.C44H28/c1-4-14-33(15-5-1)37-26-24-36-25-27-38(29-39(36)28-37)47-43-20-10-12-22-45(43)48(46-23-13-11-21-44(46)47)42-31-40(34-16-6-2-7-17-34)30-41(32-42)35-18-8-3-9-19-35;1-2-12-29(13-3-1)31-24-22-30-23-25-33(27-34(30)26-31)43-38-18-8-10-20-40(38)44(41-21-11-9-19-39(41)43)42-28-32-14-4-5-15-35(32)36-16-6-7-17-37(36)42/h1-32H;1-28H/i1D,4D,5D,14D,15D;1D,2D,3D,12D,13D. The molecule has 18 aromatic rings. The molecule has 428 valence electrons. The summed E-state index contributed by atoms with van der Waals surface area (Å²) in [5.41, 5.74) is 15.3. The van der Waals surface area contributed by atoms with Gasteiger partial charge in [0, 0.05) is 0 Å². The minimum absolute atomic E-state index is 0.199. The lowest BCUT2D eigenvalue weighted by Crippen LogP contribution is -1.92. The highest BCUT2D eigenvalue weighted by Gasteiger charge is 2.21. The van der Waals surface area contributed by atoms with Gasteiger partial charge in [0.2, 0.25) is 0 Å². The van der Waals surface area contributed by atoms with Gasteiger partial charge in [-0.25, -0.2) is 0 Å². The van der Waals surface area contributed by atoms with Gasteiger partial charge in [-0.2, -0.15) is 0 Å². The Balaban J connectivity index is 0.000000152. The van der Waals surface area contributed by atoms with E-state index in [1.807, 2.05) is 36.4 Å². The van der Waals surface area contributed by atoms with Crippen LogP contribution in [0.2, 0.25) is 0 Å². The predicted molar refractivity (Wildman–Crippen MR) is 396 cm³/mol. The van der Waals surface area contributed by atoms with Crippen LogP contribution in [0.1, 0.15) is 13.7 Å². The van der Waals surface area contributed by atoms with Crippen molar-refractivity contribution in [3.63, 3.8) is 0 Å². The normalized spacial score (nSPS) is 13.0. The fourth-order valence-electron chi connectivity index (χ4n) is 14.0. The second-order valence-corrected chi connectivity index (χ2v) is 23.5. The number of fused-ring (bicyclic) bond motifs is 9. The van der Waals surface area contributed by atoms with Gasteiger partial charge in [-0.15, -0.1) is 0 Å². The number of hydrogen-bond acceptors (Lipinski definition) is 0. The van der Waals surface area contributed by atoms with Gasteiger partial charge in [0.25, 0.3) is 0 Å². The summed E-state index contributed by atoms with van der Waals surface area (Å²) in [6, 6.07) is 103. The van der Waals surface area contributed by atoms with Crippen molar-refractivity contribution in [3.8, 4) is 89.0 Å². The summed E-state index contributed by atoms with van der Waals surface area (Å²) in [4.78, 5) is 0. The third-order valence-electron chi connectivity index (χ3n) is 18.2. The van der Waals surface area contributed by atoms with E-state index in [0.717, 1.165) is 104 Å². The summed E-state index contributed by atoms with van der Waals surface area (Å²) in [6.07, 6.45) is 0. The van der Waals surface area contributed by atoms with Crippen LogP contribution < -0.4 is 0 Å². The lowest BCUT2D eigenvalue weighted by atomic mass is 9.83. The van der Waals surface area contributed by atoms with Crippen LogP contribution >= 0.6 is 0 Å². The molecule has 0 amide bonds. The molecule has 0 heteroatoms. The molecule has 0 bridgehead atoms. The van der Waals surface area contributed by atoms with E-state index in [-0.39, 0.29) is 65.5 Å². The summed E-state index contributed by atoms with van der Waals surface area (Å²) in [7, 11) is 0. The Kier molecular flexibility index (Phi) is 11.2. The molecule has 18 aromatic carbocycles. The molecule has 0 nitrogen and oxygen atoms in total. The smallest absolute Gasteiger partial charge is 0.0622 e. The average Bonchev–Trinajstić information content (AvgIpc) is 0.729. The van der Waals surface area contributed by atoms with E-state index in [2.05, 4.69) is 267 Å². The first kappa shape index (κ1) is 44.5. The topological polar surface area (TPSA) is 0 Å². The summed E-state index contributed by atoms with van der Waals surface area (Å²) in [6.45, 7) is 0. The van der Waals surface area contributed by atoms with Crippen LogP contribution in [-0.4, -0.2) is 0 Å². The summed E-state index contributed by atoms with van der Waals surface area (Å²) >= 11 is 0. The quantitative estimate of drug-likeness (QED) is 0.105. The molecule has 0 atom stereocenters. The molecule has 0 spiro atoms. The van der Waals surface area contributed by atoms with E-state index in [9.17, 15) is 0 Å². The van der Waals surface area contributed by atoms with Crippen LogP contribution in [-0.2, 0) is 0 Å². The van der Waals surface area contributed by atoms with Gasteiger partial charge in [-0.05, 0) is 224 Å². The first-order valence-corrected chi connectivity index (χ1v) is 31.0. The third-order valence-corrected chi connectivity index (χ3v) is 18.2. The van der Waals surface area contributed by atoms with Crippen molar-refractivity contribution >= 4 is 86.2 Å². The minimum atomic E-state index is -0.392. The van der Waals surface area contributed by atoms with E-state index in [1.165, 1.54) is 49.0 Å². The molecule has 0 radical (unpaired) electrons. The monoisotopic (exact) mass is 1170 g/mol. The fraction of sp³-hybridized carbons (Fsp3) is 0. The molecular formula is C92H60. The molecule has 0 saturated carbocycles. The van der Waals surface area contributed by atoms with Crippen molar-refractivity contribution in [2.45, 2.75) is 0 Å². The molecule has 0 fully saturated rings. The van der Waals surface area contributed by atoms with Crippen LogP contribution in [0.15, 0.2) is 364 Å². The molecule has 0 unspecified atom stereocenters. The first-order chi connectivity index (χ1) is 49.8. The van der Waals surface area contributed by atoms with Gasteiger partial charge in [0.1, 0.15) is 0 Å². The van der Waals surface area contributed by atoms with E-state index >= 15 is 0 Å². The SMILES string of the molecule is [2H]c1c([2H])c([2H])c(-c2ccc3ccc(-c4c5ccccc5c(-c5cc(-c6ccccc6)cc(-c6ccccc6)c5)c5ccccc45)cc3c2)c([2H])c1[2H].[2H]c1c([2H])c([2H])c(-c2ccc3ccc(-c4c5ccccc5c(-c5cc6ccccc6c6ccccc56)c5ccccc45)cc3c2)c([2H])c1[2H]. The molecule has 0 heterocycles. The Morgan fingerprint density at radius 3 is 0.891 bits per heavy atom. The summed E-state index contributed by atoms with van der Waals surface area (Å²) in [5.74, 6) is 0. The van der Waals surface area contributed by atoms with E-state index in [4.69, 9.17) is 13.7 Å². The second-order valence-electron chi connectivity index (χ2n) is 23.5. The maximum Gasteiger partial charge on any atom is 0.0629 e. The largest absolute Gasteiger partial charge is 0.0629 e. The molecule has 0 aromatic heterocycles. The van der Waals surface area contributed by atoms with Crippen molar-refractivity contribution in [1.82, 2.24) is 0 Å². The summed E-state index contributed by atoms with van der Waals surface area (Å²) < 4.78 is 83.2. The van der Waals surface area contributed by atoms with Gasteiger partial charge < -0.3 is 0 Å². The lowest BCUT2D eigenvalue weighted by molar-refractivity contribution is 1.58. The van der Waals surface area contributed by atoms with Gasteiger partial charge >= 0.3 is 0 Å². The van der Waals surface area contributed by atoms with Crippen LogP contribution in [0.3, 0.4) is 0 Å². The van der Waals surface area contributed by atoms with Gasteiger partial charge in [-0.1, -0.05) is 315 Å². The molecule has 0 aliphatic carbocycles. The van der Waals surface area contributed by atoms with Crippen molar-refractivity contribution < 1.29 is 13.7 Å². The molecule has 18 rings (SSSR count). The first-order valence-electron chi connectivity index (χ1n) is 36.0. The van der Waals surface area contributed by atoms with Crippen molar-refractivity contribution in [1.29, 1.82) is 0 Å². The number of benzene rings is 18. The van der Waals surface area contributed by atoms with Crippen LogP contribution in [0.4, 0.5) is 0 Å². The zero-order valence-corrected chi connectivity index (χ0v) is 49.9. The highest BCUT2D eigenvalue weighted by atomic mass is 14.2. The second kappa shape index (κ2) is 23.2. The van der Waals surface area contributed by atoms with Crippen LogP contribution in [0.25, 0.3) is 175 Å². The Morgan fingerprint density at radius 2 is 0.467 bits per heavy atom. The van der Waals surface area contributed by atoms with E-state index in [0.29, 0.717) is 11.1 Å². The minimum Gasteiger partial charge on any atom is -0.0622 e. The van der Waals surface area contributed by atoms with Gasteiger partial charge in [0.05, 0.1) is 13.7 Å². The van der Waals surface area contributed by atoms with E-state index in [1.54, 1.807) is 0 Å². The van der Waals surface area contributed by atoms with Crippen molar-refractivity contribution in [2.24, 2.45) is 0 Å². The van der Waals surface area contributed by atoms with Crippen molar-refractivity contribution in [2.75, 3.05) is 0 Å². The zero-order chi connectivity index (χ0) is 69.6. The molecule has 0 aliphatic rings. The van der Waals surface area contributed by atoms with E-state index < -0.39 is 6.04 Å². The molecular weight excluding hydrogens is 1110 g/mol. The third kappa shape index (κ3) is 9.74. The lowest BCUT2D eigenvalue weighted by Gasteiger charge is -2.20.